The number of benzene rings is 2. The van der Waals surface area contributed by atoms with Crippen LogP contribution in [-0.2, 0) is 31.9 Å². The molecular weight excluding hydrogens is 438 g/mol. The van der Waals surface area contributed by atoms with Gasteiger partial charge in [0.2, 0.25) is 0 Å². The van der Waals surface area contributed by atoms with E-state index in [0.29, 0.717) is 18.4 Å². The second-order valence-corrected chi connectivity index (χ2v) is 7.76. The van der Waals surface area contributed by atoms with Gasteiger partial charge in [-0.05, 0) is 52.5 Å². The number of hydrogen-bond acceptors (Lipinski definition) is 5. The highest BCUT2D eigenvalue weighted by molar-refractivity contribution is 9.09. The van der Waals surface area contributed by atoms with Gasteiger partial charge in [0, 0.05) is 18.4 Å². The molecule has 2 rings (SSSR count). The van der Waals surface area contributed by atoms with Gasteiger partial charge >= 0.3 is 11.9 Å². The number of ether oxygens (including phenoxy) is 2. The number of nitrogens with one attached hydrogen (secondary N) is 1. The van der Waals surface area contributed by atoms with E-state index in [0.717, 1.165) is 11.1 Å². The molecule has 2 aromatic carbocycles. The van der Waals surface area contributed by atoms with Crippen LogP contribution in [0.25, 0.3) is 0 Å². The van der Waals surface area contributed by atoms with Gasteiger partial charge in [-0.1, -0.05) is 42.5 Å². The Morgan fingerprint density at radius 1 is 1.03 bits per heavy atom. The zero-order chi connectivity index (χ0) is 21.2. The highest BCUT2D eigenvalue weighted by Crippen LogP contribution is 2.11. The summed E-state index contributed by atoms with van der Waals surface area (Å²) in [4.78, 5) is 36.5. The van der Waals surface area contributed by atoms with Gasteiger partial charge in [-0.2, -0.15) is 0 Å². The fourth-order valence-electron chi connectivity index (χ4n) is 2.78. The normalized spacial score (nSPS) is 12.5. The molecule has 1 unspecified atom stereocenters. The van der Waals surface area contributed by atoms with E-state index in [1.54, 1.807) is 25.1 Å². The van der Waals surface area contributed by atoms with E-state index >= 15 is 0 Å². The van der Waals surface area contributed by atoms with Crippen molar-refractivity contribution in [1.82, 2.24) is 5.32 Å². The largest absolute Gasteiger partial charge is 0.467 e. The third-order valence-corrected chi connectivity index (χ3v) is 4.36. The van der Waals surface area contributed by atoms with Crippen LogP contribution in [0.3, 0.4) is 0 Å². The summed E-state index contributed by atoms with van der Waals surface area (Å²) in [6, 6.07) is 15.5. The molecule has 0 radical (unpaired) electrons. The number of esters is 2. The topological polar surface area (TPSA) is 81.7 Å². The van der Waals surface area contributed by atoms with Crippen LogP contribution in [0, 0.1) is 0 Å². The Hall–Kier alpha value is -2.67. The van der Waals surface area contributed by atoms with Crippen molar-refractivity contribution >= 4 is 33.8 Å². The SMILES string of the molecule is COC(=O)[C@H](Cc1ccccc1)NC(=O)c1cccc(CCC(=O)OC(C)Br)c1. The smallest absolute Gasteiger partial charge is 0.328 e. The van der Waals surface area contributed by atoms with Crippen molar-refractivity contribution in [2.45, 2.75) is 37.2 Å². The molecule has 0 saturated carbocycles. The Labute approximate surface area is 178 Å². The Morgan fingerprint density at radius 2 is 1.72 bits per heavy atom. The minimum Gasteiger partial charge on any atom is -0.467 e. The predicted molar refractivity (Wildman–Crippen MR) is 113 cm³/mol. The summed E-state index contributed by atoms with van der Waals surface area (Å²) in [6.45, 7) is 1.72. The molecule has 7 heteroatoms. The molecule has 2 aromatic rings. The van der Waals surface area contributed by atoms with Gasteiger partial charge in [0.15, 0.2) is 5.01 Å². The van der Waals surface area contributed by atoms with E-state index in [1.807, 2.05) is 36.4 Å². The van der Waals surface area contributed by atoms with Crippen molar-refractivity contribution in [2.24, 2.45) is 0 Å². The first kappa shape index (κ1) is 22.6. The van der Waals surface area contributed by atoms with Crippen LogP contribution in [0.5, 0.6) is 0 Å². The summed E-state index contributed by atoms with van der Waals surface area (Å²) in [6.07, 6.45) is 0.986. The number of hydrogen-bond donors (Lipinski definition) is 1. The van der Waals surface area contributed by atoms with Gasteiger partial charge in [-0.3, -0.25) is 9.59 Å². The lowest BCUT2D eigenvalue weighted by Gasteiger charge is -2.17. The highest BCUT2D eigenvalue weighted by atomic mass is 79.9. The van der Waals surface area contributed by atoms with Gasteiger partial charge in [-0.25, -0.2) is 4.79 Å². The number of methoxy groups -OCH3 is 1. The van der Waals surface area contributed by atoms with Crippen molar-refractivity contribution < 1.29 is 23.9 Å². The molecule has 0 aliphatic carbocycles. The van der Waals surface area contributed by atoms with Gasteiger partial charge in [-0.15, -0.1) is 0 Å². The second kappa shape index (κ2) is 11.4. The quantitative estimate of drug-likeness (QED) is 0.456. The van der Waals surface area contributed by atoms with Crippen LogP contribution >= 0.6 is 15.9 Å². The van der Waals surface area contributed by atoms with E-state index in [1.165, 1.54) is 7.11 Å². The van der Waals surface area contributed by atoms with Gasteiger partial charge in [0.05, 0.1) is 7.11 Å². The first-order chi connectivity index (χ1) is 13.9. The van der Waals surface area contributed by atoms with Gasteiger partial charge in [0.1, 0.15) is 6.04 Å². The van der Waals surface area contributed by atoms with E-state index in [4.69, 9.17) is 9.47 Å². The van der Waals surface area contributed by atoms with Gasteiger partial charge in [0.25, 0.3) is 5.91 Å². The molecule has 0 aliphatic rings. The summed E-state index contributed by atoms with van der Waals surface area (Å²) in [5.74, 6) is -1.21. The van der Waals surface area contributed by atoms with Crippen LogP contribution in [0.4, 0.5) is 0 Å². The molecular formula is C22H24BrNO5. The first-order valence-electron chi connectivity index (χ1n) is 9.24. The summed E-state index contributed by atoms with van der Waals surface area (Å²) < 4.78 is 9.88. The molecule has 1 amide bonds. The van der Waals surface area contributed by atoms with Crippen LogP contribution in [-0.4, -0.2) is 36.0 Å². The average molecular weight is 462 g/mol. The van der Waals surface area contributed by atoms with Crippen molar-refractivity contribution in [3.63, 3.8) is 0 Å². The number of amides is 1. The number of carbonyl (C=O) groups excluding carboxylic acids is 3. The zero-order valence-electron chi connectivity index (χ0n) is 16.4. The van der Waals surface area contributed by atoms with Crippen LogP contribution in [0.1, 0.15) is 34.8 Å². The lowest BCUT2D eigenvalue weighted by Crippen LogP contribution is -2.43. The lowest BCUT2D eigenvalue weighted by atomic mass is 10.0. The number of aryl methyl sites for hydroxylation is 1. The maximum atomic E-state index is 12.7. The summed E-state index contributed by atoms with van der Waals surface area (Å²) in [5.41, 5.74) is 2.15. The third-order valence-electron chi connectivity index (χ3n) is 4.17. The Morgan fingerprint density at radius 3 is 2.38 bits per heavy atom. The van der Waals surface area contributed by atoms with Crippen LogP contribution < -0.4 is 5.32 Å². The summed E-state index contributed by atoms with van der Waals surface area (Å²) in [5, 5.41) is 2.40. The molecule has 29 heavy (non-hydrogen) atoms. The maximum Gasteiger partial charge on any atom is 0.328 e. The number of halogens is 1. The number of rotatable bonds is 9. The molecule has 154 valence electrons. The zero-order valence-corrected chi connectivity index (χ0v) is 18.0. The fourth-order valence-corrected chi connectivity index (χ4v) is 2.99. The monoisotopic (exact) mass is 461 g/mol. The molecule has 0 spiro atoms. The lowest BCUT2D eigenvalue weighted by molar-refractivity contribution is -0.144. The van der Waals surface area contributed by atoms with Crippen molar-refractivity contribution in [3.8, 4) is 0 Å². The first-order valence-corrected chi connectivity index (χ1v) is 10.2. The summed E-state index contributed by atoms with van der Waals surface area (Å²) >= 11 is 3.16. The van der Waals surface area contributed by atoms with Crippen LogP contribution in [0.2, 0.25) is 0 Å². The molecule has 0 heterocycles. The molecule has 0 saturated heterocycles. The molecule has 6 nitrogen and oxygen atoms in total. The van der Waals surface area contributed by atoms with Gasteiger partial charge < -0.3 is 14.8 Å². The Balaban J connectivity index is 2.03. The second-order valence-electron chi connectivity index (χ2n) is 6.47. The van der Waals surface area contributed by atoms with Crippen LogP contribution in [0.15, 0.2) is 54.6 Å². The molecule has 2 atom stereocenters. The van der Waals surface area contributed by atoms with E-state index in [-0.39, 0.29) is 23.3 Å². The molecule has 0 aliphatic heterocycles. The average Bonchev–Trinajstić information content (AvgIpc) is 2.71. The standard InChI is InChI=1S/C22H24BrNO5/c1-15(23)29-20(25)12-11-17-9-6-10-18(13-17)21(26)24-19(22(27)28-2)14-16-7-4-3-5-8-16/h3-10,13,15,19H,11-12,14H2,1-2H3,(H,24,26)/t15?,19-/m0/s1. The molecule has 0 aromatic heterocycles. The fraction of sp³-hybridized carbons (Fsp3) is 0.318. The Bertz CT molecular complexity index is 838. The molecule has 0 bridgehead atoms. The predicted octanol–water partition coefficient (Wildman–Crippen LogP) is 3.42. The minimum atomic E-state index is -0.797. The Kier molecular flexibility index (Phi) is 8.86. The highest BCUT2D eigenvalue weighted by Gasteiger charge is 2.22. The van der Waals surface area contributed by atoms with Crippen molar-refractivity contribution in [3.05, 3.63) is 71.3 Å². The van der Waals surface area contributed by atoms with Crippen molar-refractivity contribution in [2.75, 3.05) is 7.11 Å². The molecule has 0 fully saturated rings. The van der Waals surface area contributed by atoms with Crippen molar-refractivity contribution in [1.29, 1.82) is 0 Å². The van der Waals surface area contributed by atoms with E-state index < -0.39 is 12.0 Å². The maximum absolute atomic E-state index is 12.7. The summed E-state index contributed by atoms with van der Waals surface area (Å²) in [7, 11) is 1.29. The third kappa shape index (κ3) is 7.69. The van der Waals surface area contributed by atoms with E-state index in [2.05, 4.69) is 21.2 Å². The number of carbonyl (C=O) groups is 3. The number of alkyl halides is 1. The minimum absolute atomic E-state index is 0.208. The van der Waals surface area contributed by atoms with E-state index in [9.17, 15) is 14.4 Å². The molecule has 1 N–H and O–H groups in total.